The third-order valence-corrected chi connectivity index (χ3v) is 5.57. The number of thioether (sulfide) groups is 1. The average molecular weight is 357 g/mol. The molecule has 5 nitrogen and oxygen atoms in total. The normalized spacial score (nSPS) is 11.0. The molecule has 21 heavy (non-hydrogen) atoms. The highest BCUT2D eigenvalue weighted by atomic mass is 35.5. The van der Waals surface area contributed by atoms with E-state index >= 15 is 0 Å². The topological polar surface area (TPSA) is 67.8 Å². The van der Waals surface area contributed by atoms with Crippen molar-refractivity contribution in [3.8, 4) is 0 Å². The standard InChI is InChI=1S/C12H9ClN4OS3/c1-6-16-17-12(20-6)19-5-10(18)15-11-14-8-3-2-7(13)4-9(8)21-11/h2-4H,5H2,1H3,(H,14,15,18). The Bertz CT molecular complexity index is 801. The van der Waals surface area contributed by atoms with Crippen LogP contribution in [0, 0.1) is 6.92 Å². The lowest BCUT2D eigenvalue weighted by molar-refractivity contribution is -0.113. The number of thiazole rings is 1. The molecule has 0 saturated carbocycles. The Hall–Kier alpha value is -1.22. The van der Waals surface area contributed by atoms with Crippen LogP contribution in [0.2, 0.25) is 5.02 Å². The van der Waals surface area contributed by atoms with Crippen molar-refractivity contribution in [1.29, 1.82) is 0 Å². The van der Waals surface area contributed by atoms with Crippen LogP contribution in [-0.4, -0.2) is 26.8 Å². The van der Waals surface area contributed by atoms with Gasteiger partial charge in [0, 0.05) is 5.02 Å². The number of halogens is 1. The summed E-state index contributed by atoms with van der Waals surface area (Å²) < 4.78 is 1.74. The van der Waals surface area contributed by atoms with Crippen LogP contribution in [0.1, 0.15) is 5.01 Å². The minimum Gasteiger partial charge on any atom is -0.301 e. The number of nitrogens with one attached hydrogen (secondary N) is 1. The van der Waals surface area contributed by atoms with Crippen LogP contribution in [0.4, 0.5) is 5.13 Å². The van der Waals surface area contributed by atoms with E-state index in [1.54, 1.807) is 6.07 Å². The largest absolute Gasteiger partial charge is 0.301 e. The summed E-state index contributed by atoms with van der Waals surface area (Å²) >= 11 is 10.2. The van der Waals surface area contributed by atoms with Gasteiger partial charge >= 0.3 is 0 Å². The fourth-order valence-corrected chi connectivity index (χ4v) is 4.35. The summed E-state index contributed by atoms with van der Waals surface area (Å²) in [7, 11) is 0. The van der Waals surface area contributed by atoms with Crippen LogP contribution in [0.15, 0.2) is 22.5 Å². The highest BCUT2D eigenvalue weighted by molar-refractivity contribution is 8.01. The molecule has 0 aliphatic rings. The molecule has 0 aliphatic carbocycles. The quantitative estimate of drug-likeness (QED) is 0.719. The molecule has 0 radical (unpaired) electrons. The number of amides is 1. The van der Waals surface area contributed by atoms with Gasteiger partial charge in [0.2, 0.25) is 5.91 Å². The molecule has 3 rings (SSSR count). The number of nitrogens with zero attached hydrogens (tertiary/aromatic N) is 3. The van der Waals surface area contributed by atoms with Gasteiger partial charge in [-0.15, -0.1) is 10.2 Å². The predicted molar refractivity (Wildman–Crippen MR) is 88.6 cm³/mol. The zero-order chi connectivity index (χ0) is 14.8. The number of carbonyl (C=O) groups excluding carboxylic acids is 1. The number of aromatic nitrogens is 3. The van der Waals surface area contributed by atoms with Gasteiger partial charge in [-0.3, -0.25) is 4.79 Å². The van der Waals surface area contributed by atoms with Gasteiger partial charge in [-0.05, 0) is 25.1 Å². The van der Waals surface area contributed by atoms with E-state index in [9.17, 15) is 4.79 Å². The van der Waals surface area contributed by atoms with Crippen molar-refractivity contribution < 1.29 is 4.79 Å². The van der Waals surface area contributed by atoms with Gasteiger partial charge in [0.25, 0.3) is 0 Å². The molecule has 0 saturated heterocycles. The highest BCUT2D eigenvalue weighted by Gasteiger charge is 2.10. The molecule has 0 spiro atoms. The third kappa shape index (κ3) is 3.70. The van der Waals surface area contributed by atoms with Gasteiger partial charge in [-0.1, -0.05) is 46.0 Å². The molecular formula is C12H9ClN4OS3. The third-order valence-electron chi connectivity index (χ3n) is 2.43. The van der Waals surface area contributed by atoms with Crippen LogP contribution in [0.3, 0.4) is 0 Å². The molecular weight excluding hydrogens is 348 g/mol. The monoisotopic (exact) mass is 356 g/mol. The summed E-state index contributed by atoms with van der Waals surface area (Å²) in [6.45, 7) is 1.88. The Labute approximate surface area is 137 Å². The average Bonchev–Trinajstić information content (AvgIpc) is 3.01. The van der Waals surface area contributed by atoms with Gasteiger partial charge in [0.1, 0.15) is 5.01 Å². The summed E-state index contributed by atoms with van der Waals surface area (Å²) in [5.74, 6) is 0.170. The molecule has 3 aromatic rings. The lowest BCUT2D eigenvalue weighted by Crippen LogP contribution is -2.13. The van der Waals surface area contributed by atoms with Crippen LogP contribution < -0.4 is 5.32 Å². The van der Waals surface area contributed by atoms with Gasteiger partial charge in [-0.2, -0.15) is 0 Å². The molecule has 0 bridgehead atoms. The second kappa shape index (κ2) is 6.27. The summed E-state index contributed by atoms with van der Waals surface area (Å²) in [6, 6.07) is 5.45. The smallest absolute Gasteiger partial charge is 0.236 e. The van der Waals surface area contributed by atoms with Crippen LogP contribution >= 0.6 is 46.0 Å². The van der Waals surface area contributed by atoms with E-state index in [-0.39, 0.29) is 11.7 Å². The second-order valence-corrected chi connectivity index (χ2v) is 7.93. The first kappa shape index (κ1) is 14.7. The van der Waals surface area contributed by atoms with Crippen molar-refractivity contribution in [2.75, 3.05) is 11.1 Å². The first-order valence-corrected chi connectivity index (χ1v) is 8.88. The number of hydrogen-bond donors (Lipinski definition) is 1. The molecule has 0 atom stereocenters. The van der Waals surface area contributed by atoms with Crippen molar-refractivity contribution in [1.82, 2.24) is 15.2 Å². The lowest BCUT2D eigenvalue weighted by atomic mass is 10.3. The van der Waals surface area contributed by atoms with Crippen LogP contribution in [0.25, 0.3) is 10.2 Å². The van der Waals surface area contributed by atoms with Crippen molar-refractivity contribution in [3.05, 3.63) is 28.2 Å². The Morgan fingerprint density at radius 3 is 3.00 bits per heavy atom. The number of carbonyl (C=O) groups is 1. The van der Waals surface area contributed by atoms with E-state index in [0.717, 1.165) is 19.6 Å². The molecule has 108 valence electrons. The first-order valence-electron chi connectivity index (χ1n) is 5.89. The Kier molecular flexibility index (Phi) is 4.39. The minimum absolute atomic E-state index is 0.113. The highest BCUT2D eigenvalue weighted by Crippen LogP contribution is 2.28. The van der Waals surface area contributed by atoms with Gasteiger partial charge in [0.15, 0.2) is 9.47 Å². The lowest BCUT2D eigenvalue weighted by Gasteiger charge is -1.98. The second-order valence-electron chi connectivity index (χ2n) is 4.05. The van der Waals surface area contributed by atoms with E-state index in [4.69, 9.17) is 11.6 Å². The number of benzene rings is 1. The molecule has 0 unspecified atom stereocenters. The Morgan fingerprint density at radius 1 is 1.38 bits per heavy atom. The zero-order valence-electron chi connectivity index (χ0n) is 10.8. The molecule has 1 aromatic carbocycles. The number of rotatable bonds is 4. The molecule has 1 amide bonds. The molecule has 2 aromatic heterocycles. The van der Waals surface area contributed by atoms with Crippen LogP contribution in [0.5, 0.6) is 0 Å². The van der Waals surface area contributed by atoms with Crippen LogP contribution in [-0.2, 0) is 4.79 Å². The zero-order valence-corrected chi connectivity index (χ0v) is 14.0. The van der Waals surface area contributed by atoms with Crippen molar-refractivity contribution in [2.24, 2.45) is 0 Å². The van der Waals surface area contributed by atoms with Crippen molar-refractivity contribution >= 4 is 67.3 Å². The molecule has 0 fully saturated rings. The number of aryl methyl sites for hydroxylation is 1. The fraction of sp³-hybridized carbons (Fsp3) is 0.167. The van der Waals surface area contributed by atoms with Crippen molar-refractivity contribution in [3.63, 3.8) is 0 Å². The SMILES string of the molecule is Cc1nnc(SCC(=O)Nc2nc3ccc(Cl)cc3s2)s1. The summed E-state index contributed by atoms with van der Waals surface area (Å²) in [6.07, 6.45) is 0. The number of fused-ring (bicyclic) bond motifs is 1. The summed E-state index contributed by atoms with van der Waals surface area (Å²) in [5, 5.41) is 12.8. The Balaban J connectivity index is 1.63. The molecule has 2 heterocycles. The molecule has 1 N–H and O–H groups in total. The van der Waals surface area contributed by atoms with E-state index in [0.29, 0.717) is 10.2 Å². The van der Waals surface area contributed by atoms with E-state index in [2.05, 4.69) is 20.5 Å². The maximum absolute atomic E-state index is 11.9. The fourth-order valence-electron chi connectivity index (χ4n) is 1.57. The van der Waals surface area contributed by atoms with Gasteiger partial charge in [0.05, 0.1) is 16.0 Å². The predicted octanol–water partition coefficient (Wildman–Crippen LogP) is 3.84. The molecule has 9 heteroatoms. The summed E-state index contributed by atoms with van der Waals surface area (Å²) in [4.78, 5) is 16.2. The van der Waals surface area contributed by atoms with Gasteiger partial charge in [-0.25, -0.2) is 4.98 Å². The molecule has 0 aliphatic heterocycles. The van der Waals surface area contributed by atoms with E-state index in [1.807, 2.05) is 19.1 Å². The van der Waals surface area contributed by atoms with Gasteiger partial charge < -0.3 is 5.32 Å². The summed E-state index contributed by atoms with van der Waals surface area (Å²) in [5.41, 5.74) is 0.826. The Morgan fingerprint density at radius 2 is 2.24 bits per heavy atom. The number of hydrogen-bond acceptors (Lipinski definition) is 7. The van der Waals surface area contributed by atoms with E-state index < -0.39 is 0 Å². The maximum Gasteiger partial charge on any atom is 0.236 e. The van der Waals surface area contributed by atoms with E-state index in [1.165, 1.54) is 34.4 Å². The first-order chi connectivity index (χ1) is 10.1. The number of anilines is 1. The maximum atomic E-state index is 11.9. The minimum atomic E-state index is -0.113. The van der Waals surface area contributed by atoms with Crippen molar-refractivity contribution in [2.45, 2.75) is 11.3 Å².